The summed E-state index contributed by atoms with van der Waals surface area (Å²) in [4.78, 5) is 9.00. The van der Waals surface area contributed by atoms with E-state index >= 15 is 0 Å². The van der Waals surface area contributed by atoms with Crippen molar-refractivity contribution in [2.45, 2.75) is 41.1 Å². The van der Waals surface area contributed by atoms with E-state index in [-0.39, 0.29) is 11.3 Å². The van der Waals surface area contributed by atoms with Gasteiger partial charge in [0, 0.05) is 6.92 Å². The Hall–Kier alpha value is -1.19. The van der Waals surface area contributed by atoms with E-state index in [1.165, 1.54) is 16.7 Å². The molecule has 2 aromatic rings. The van der Waals surface area contributed by atoms with Gasteiger partial charge in [0.25, 0.3) is 5.97 Å². The van der Waals surface area contributed by atoms with Crippen molar-refractivity contribution in [2.24, 2.45) is 0 Å². The number of aliphatic carboxylic acids is 1. The Labute approximate surface area is 158 Å². The van der Waals surface area contributed by atoms with Gasteiger partial charge < -0.3 is 5.11 Å². The first-order chi connectivity index (χ1) is 11.2. The minimum absolute atomic E-state index is 0.100. The number of aliphatic hydroxyl groups is 1. The van der Waals surface area contributed by atoms with E-state index in [2.05, 4.69) is 55.5 Å². The average molecular weight is 510 g/mol. The summed E-state index contributed by atoms with van der Waals surface area (Å²) in [7, 11) is 0. The second-order valence-electron chi connectivity index (χ2n) is 7.09. The van der Waals surface area contributed by atoms with Crippen LogP contribution in [0.15, 0.2) is 48.5 Å². The van der Waals surface area contributed by atoms with E-state index in [0.717, 1.165) is 12.5 Å². The molecule has 24 heavy (non-hydrogen) atoms. The molecule has 0 amide bonds. The third kappa shape index (κ3) is 2.36. The number of carbonyl (C=O) groups is 1. The second kappa shape index (κ2) is 5.96. The Morgan fingerprint density at radius 1 is 1.00 bits per heavy atom. The van der Waals surface area contributed by atoms with E-state index < -0.39 is 11.6 Å². The molecule has 121 valence electrons. The molecule has 0 saturated carbocycles. The van der Waals surface area contributed by atoms with Crippen molar-refractivity contribution in [1.82, 2.24) is 0 Å². The molecule has 2 bridgehead atoms. The van der Waals surface area contributed by atoms with Crippen LogP contribution in [0.5, 0.6) is 0 Å². The first-order valence-corrected chi connectivity index (χ1v) is 11.3. The molecule has 0 aromatic heterocycles. The molecule has 0 aliphatic heterocycles. The monoisotopic (exact) mass is 511 g/mol. The predicted molar refractivity (Wildman–Crippen MR) is 88.7 cm³/mol. The number of fused-ring (bicyclic) bond motifs is 7. The van der Waals surface area contributed by atoms with Crippen molar-refractivity contribution in [3.63, 3.8) is 0 Å². The average Bonchev–Trinajstić information content (AvgIpc) is 2.72. The third-order valence-electron chi connectivity index (χ3n) is 5.64. The molecule has 4 unspecified atom stereocenters. The van der Waals surface area contributed by atoms with Gasteiger partial charge >= 0.3 is 136 Å². The van der Waals surface area contributed by atoms with Gasteiger partial charge in [-0.2, -0.15) is 0 Å². The Bertz CT molecular complexity index is 795. The van der Waals surface area contributed by atoms with Crippen LogP contribution in [0, 0.1) is 0 Å². The molecular weight excluding hydrogens is 489 g/mol. The van der Waals surface area contributed by atoms with E-state index in [1.807, 2.05) is 6.92 Å². The third-order valence-corrected chi connectivity index (χ3v) is 10.6. The maximum atomic E-state index is 11.3. The summed E-state index contributed by atoms with van der Waals surface area (Å²) in [6.45, 7) is 5.48. The fourth-order valence-electron chi connectivity index (χ4n) is 4.58. The summed E-state index contributed by atoms with van der Waals surface area (Å²) in [6.07, 6.45) is 0. The number of carboxylic acids is 1. The normalized spacial score (nSPS) is 32.2. The van der Waals surface area contributed by atoms with Crippen LogP contribution in [-0.4, -0.2) is 16.2 Å². The van der Waals surface area contributed by atoms with Gasteiger partial charge in [-0.15, -0.1) is 0 Å². The Balaban J connectivity index is 0.000000383. The molecule has 0 heterocycles. The summed E-state index contributed by atoms with van der Waals surface area (Å²) in [5.41, 5.74) is 4.64. The van der Waals surface area contributed by atoms with E-state index in [4.69, 9.17) is 9.90 Å². The second-order valence-corrected chi connectivity index (χ2v) is 10.5. The van der Waals surface area contributed by atoms with E-state index in [0.29, 0.717) is 29.5 Å². The van der Waals surface area contributed by atoms with Crippen molar-refractivity contribution >= 4 is 5.97 Å². The number of benzene rings is 2. The minimum atomic E-state index is -0.833. The summed E-state index contributed by atoms with van der Waals surface area (Å²) in [5.74, 6) is -0.568. The van der Waals surface area contributed by atoms with Crippen LogP contribution >= 0.6 is 0 Å². The van der Waals surface area contributed by atoms with Crippen LogP contribution in [0.2, 0.25) is 3.43 Å². The molecule has 4 atom stereocenters. The molecule has 2 aliphatic rings. The summed E-state index contributed by atoms with van der Waals surface area (Å²) in [6, 6.07) is 17.3. The number of rotatable bonds is 0. The van der Waals surface area contributed by atoms with Crippen molar-refractivity contribution in [3.8, 4) is 0 Å². The fraction of sp³-hybridized carbons (Fsp3) is 0.350. The van der Waals surface area contributed by atoms with Gasteiger partial charge in [-0.3, -0.25) is 4.79 Å². The van der Waals surface area contributed by atoms with Crippen LogP contribution in [0.3, 0.4) is 0 Å². The van der Waals surface area contributed by atoms with Crippen molar-refractivity contribution in [3.05, 3.63) is 70.8 Å². The van der Waals surface area contributed by atoms with Crippen LogP contribution in [0.4, 0.5) is 0 Å². The van der Waals surface area contributed by atoms with Crippen LogP contribution in [0.25, 0.3) is 0 Å². The molecule has 0 fully saturated rings. The van der Waals surface area contributed by atoms with Gasteiger partial charge in [0.15, 0.2) is 0 Å². The first-order valence-electron chi connectivity index (χ1n) is 8.16. The van der Waals surface area contributed by atoms with Gasteiger partial charge in [0.05, 0.1) is 0 Å². The zero-order chi connectivity index (χ0) is 17.7. The number of hydrogen-bond acceptors (Lipinski definition) is 2. The molecule has 0 saturated heterocycles. The van der Waals surface area contributed by atoms with Crippen LogP contribution in [-0.2, 0) is 41.9 Å². The Morgan fingerprint density at radius 3 is 2.04 bits per heavy atom. The number of hydrogen-bond donors (Lipinski definition) is 2. The molecule has 2 N–H and O–H groups in total. The van der Waals surface area contributed by atoms with Gasteiger partial charge in [0.2, 0.25) is 0 Å². The summed E-state index contributed by atoms with van der Waals surface area (Å²) in [5, 5.41) is 18.7. The van der Waals surface area contributed by atoms with Crippen molar-refractivity contribution in [2.75, 3.05) is 0 Å². The zero-order valence-corrected chi connectivity index (χ0v) is 19.8. The standard InChI is InChI=1S/C18H17O.C2H4O2.Hg/c1-17-11-16(12-7-3-4-8-13(12)17)18(2,19)15-10-6-5-9-14(15)17;1-2(3)4;/h3-11,16,19H,1-2H3;1H3,(H,3,4);. The maximum absolute atomic E-state index is 11.3. The molecular formula is C20H21HgO3. The zero-order valence-electron chi connectivity index (χ0n) is 14.3. The summed E-state index contributed by atoms with van der Waals surface area (Å²) < 4.78 is 0.602. The molecule has 0 radical (unpaired) electrons. The molecule has 3 nitrogen and oxygen atoms in total. The molecule has 2 aromatic carbocycles. The quantitative estimate of drug-likeness (QED) is 0.532. The first kappa shape index (κ1) is 17.6. The molecule has 2 aliphatic carbocycles. The van der Waals surface area contributed by atoms with Crippen LogP contribution < -0.4 is 0 Å². The van der Waals surface area contributed by atoms with Gasteiger partial charge in [0.1, 0.15) is 0 Å². The number of carboxylic acid groups (broad SMARTS) is 1. The van der Waals surface area contributed by atoms with Gasteiger partial charge in [-0.05, 0) is 0 Å². The molecule has 4 rings (SSSR count). The van der Waals surface area contributed by atoms with Crippen molar-refractivity contribution in [1.29, 1.82) is 0 Å². The Morgan fingerprint density at radius 2 is 1.46 bits per heavy atom. The van der Waals surface area contributed by atoms with E-state index in [9.17, 15) is 5.11 Å². The predicted octanol–water partition coefficient (Wildman–Crippen LogP) is 3.74. The summed E-state index contributed by atoms with van der Waals surface area (Å²) >= 11 is 0.610. The van der Waals surface area contributed by atoms with Crippen LogP contribution in [0.1, 0.15) is 48.9 Å². The Kier molecular flexibility index (Phi) is 4.37. The van der Waals surface area contributed by atoms with Gasteiger partial charge in [-0.1, -0.05) is 0 Å². The van der Waals surface area contributed by atoms with Gasteiger partial charge in [-0.25, -0.2) is 0 Å². The molecule has 4 heteroatoms. The SMILES string of the molecule is CC(=O)O.CC1(O)c2ccccc2C2(C)c3ccccc3C1[CH]2[Hg]. The van der Waals surface area contributed by atoms with E-state index in [1.54, 1.807) is 0 Å². The van der Waals surface area contributed by atoms with Crippen molar-refractivity contribution < 1.29 is 41.1 Å². The fourth-order valence-corrected chi connectivity index (χ4v) is 9.06. The molecule has 0 spiro atoms. The topological polar surface area (TPSA) is 57.5 Å².